The van der Waals surface area contributed by atoms with Gasteiger partial charge in [0.05, 0.1) is 16.8 Å². The third kappa shape index (κ3) is 2.43. The fourth-order valence-electron chi connectivity index (χ4n) is 3.82. The number of anilines is 1. The molecular weight excluding hydrogens is 326 g/mol. The number of aromatic nitrogens is 2. The molecular formula is C21H21N3O2. The monoisotopic (exact) mass is 347 g/mol. The van der Waals surface area contributed by atoms with E-state index in [2.05, 4.69) is 6.07 Å². The van der Waals surface area contributed by atoms with Gasteiger partial charge in [-0.2, -0.15) is 0 Å². The molecule has 5 nitrogen and oxygen atoms in total. The van der Waals surface area contributed by atoms with E-state index in [1.165, 1.54) is 0 Å². The third-order valence-corrected chi connectivity index (χ3v) is 5.19. The zero-order valence-corrected chi connectivity index (χ0v) is 15.2. The topological polar surface area (TPSA) is 55.2 Å². The summed E-state index contributed by atoms with van der Waals surface area (Å²) in [6.07, 6.45) is 0.424. The SMILES string of the molecule is CCn1c(C[C@@H]2C(=O)N(C)c3ccc(C)cc32)nc2ccccc2c1=O. The number of amides is 1. The molecule has 1 atom stereocenters. The molecule has 2 aromatic carbocycles. The number of likely N-dealkylation sites (N-methyl/N-ethyl adjacent to an activating group) is 1. The van der Waals surface area contributed by atoms with Crippen molar-refractivity contribution in [2.75, 3.05) is 11.9 Å². The largest absolute Gasteiger partial charge is 0.315 e. The Labute approximate surface area is 151 Å². The van der Waals surface area contributed by atoms with Crippen molar-refractivity contribution in [3.05, 3.63) is 69.8 Å². The van der Waals surface area contributed by atoms with Crippen LogP contribution in [0.3, 0.4) is 0 Å². The number of rotatable bonds is 3. The molecule has 1 amide bonds. The molecule has 0 fully saturated rings. The van der Waals surface area contributed by atoms with Crippen molar-refractivity contribution < 1.29 is 4.79 Å². The van der Waals surface area contributed by atoms with Gasteiger partial charge in [-0.15, -0.1) is 0 Å². The molecule has 0 N–H and O–H groups in total. The molecule has 0 spiro atoms. The quantitative estimate of drug-likeness (QED) is 0.732. The smallest absolute Gasteiger partial charge is 0.261 e. The van der Waals surface area contributed by atoms with Crippen LogP contribution >= 0.6 is 0 Å². The number of carbonyl (C=O) groups excluding carboxylic acids is 1. The summed E-state index contributed by atoms with van der Waals surface area (Å²) in [6.45, 7) is 4.49. The minimum atomic E-state index is -0.305. The number of para-hydroxylation sites is 1. The van der Waals surface area contributed by atoms with Gasteiger partial charge >= 0.3 is 0 Å². The van der Waals surface area contributed by atoms with Crippen molar-refractivity contribution in [1.82, 2.24) is 9.55 Å². The summed E-state index contributed by atoms with van der Waals surface area (Å²) < 4.78 is 1.68. The maximum Gasteiger partial charge on any atom is 0.261 e. The molecule has 0 aliphatic carbocycles. The minimum absolute atomic E-state index is 0.0450. The Morgan fingerprint density at radius 1 is 1.12 bits per heavy atom. The van der Waals surface area contributed by atoms with Crippen molar-refractivity contribution in [3.63, 3.8) is 0 Å². The maximum atomic E-state index is 12.8. The van der Waals surface area contributed by atoms with Crippen LogP contribution in [0.25, 0.3) is 10.9 Å². The first-order valence-corrected chi connectivity index (χ1v) is 8.87. The van der Waals surface area contributed by atoms with Gasteiger partial charge in [-0.05, 0) is 37.6 Å². The van der Waals surface area contributed by atoms with E-state index in [4.69, 9.17) is 4.98 Å². The summed E-state index contributed by atoms with van der Waals surface area (Å²) in [6, 6.07) is 13.4. The van der Waals surface area contributed by atoms with Crippen molar-refractivity contribution >= 4 is 22.5 Å². The number of hydrogen-bond donors (Lipinski definition) is 0. The van der Waals surface area contributed by atoms with Crippen LogP contribution in [-0.2, 0) is 17.8 Å². The summed E-state index contributed by atoms with van der Waals surface area (Å²) in [5.41, 5.74) is 3.72. The van der Waals surface area contributed by atoms with E-state index < -0.39 is 0 Å². The summed E-state index contributed by atoms with van der Waals surface area (Å²) >= 11 is 0. The average molecular weight is 347 g/mol. The molecule has 0 bridgehead atoms. The summed E-state index contributed by atoms with van der Waals surface area (Å²) in [4.78, 5) is 32.1. The summed E-state index contributed by atoms with van der Waals surface area (Å²) in [7, 11) is 1.80. The molecule has 26 heavy (non-hydrogen) atoms. The second-order valence-corrected chi connectivity index (χ2v) is 6.81. The highest BCUT2D eigenvalue weighted by Gasteiger charge is 2.36. The second-order valence-electron chi connectivity index (χ2n) is 6.81. The molecule has 1 aliphatic heterocycles. The molecule has 1 aliphatic rings. The number of carbonyl (C=O) groups is 1. The number of hydrogen-bond acceptors (Lipinski definition) is 3. The highest BCUT2D eigenvalue weighted by molar-refractivity contribution is 6.04. The standard InChI is InChI=1S/C21H21N3O2/c1-4-24-19(22-17-8-6-5-7-14(17)21(24)26)12-16-15-11-13(2)9-10-18(15)23(3)20(16)25/h5-11,16H,4,12H2,1-3H3/t16-/m0/s1. The van der Waals surface area contributed by atoms with Crippen LogP contribution in [0.1, 0.15) is 29.8 Å². The van der Waals surface area contributed by atoms with E-state index in [0.29, 0.717) is 29.7 Å². The van der Waals surface area contributed by atoms with Gasteiger partial charge in [0.15, 0.2) is 0 Å². The molecule has 0 saturated heterocycles. The molecule has 2 heterocycles. The highest BCUT2D eigenvalue weighted by Crippen LogP contribution is 2.38. The van der Waals surface area contributed by atoms with E-state index in [-0.39, 0.29) is 17.4 Å². The van der Waals surface area contributed by atoms with Crippen LogP contribution in [0.2, 0.25) is 0 Å². The van der Waals surface area contributed by atoms with Crippen LogP contribution in [0.15, 0.2) is 47.3 Å². The summed E-state index contributed by atoms with van der Waals surface area (Å²) in [5.74, 6) is 0.411. The lowest BCUT2D eigenvalue weighted by Gasteiger charge is -2.15. The zero-order chi connectivity index (χ0) is 18.4. The van der Waals surface area contributed by atoms with E-state index in [1.54, 1.807) is 22.6 Å². The Bertz CT molecular complexity index is 1080. The van der Waals surface area contributed by atoms with E-state index in [0.717, 1.165) is 16.8 Å². The van der Waals surface area contributed by atoms with Gasteiger partial charge in [0, 0.05) is 25.7 Å². The van der Waals surface area contributed by atoms with Gasteiger partial charge in [-0.1, -0.05) is 29.8 Å². The lowest BCUT2D eigenvalue weighted by atomic mass is 9.95. The molecule has 0 radical (unpaired) electrons. The normalized spacial score (nSPS) is 16.3. The molecule has 0 saturated carbocycles. The van der Waals surface area contributed by atoms with Gasteiger partial charge in [0.2, 0.25) is 5.91 Å². The van der Waals surface area contributed by atoms with Gasteiger partial charge < -0.3 is 4.90 Å². The first kappa shape index (κ1) is 16.5. The number of fused-ring (bicyclic) bond motifs is 2. The average Bonchev–Trinajstić information content (AvgIpc) is 2.86. The predicted octanol–water partition coefficient (Wildman–Crippen LogP) is 3.03. The first-order chi connectivity index (χ1) is 12.5. The van der Waals surface area contributed by atoms with Crippen LogP contribution in [-0.4, -0.2) is 22.5 Å². The van der Waals surface area contributed by atoms with E-state index in [9.17, 15) is 9.59 Å². The Hall–Kier alpha value is -2.95. The Morgan fingerprint density at radius 2 is 1.88 bits per heavy atom. The minimum Gasteiger partial charge on any atom is -0.315 e. The zero-order valence-electron chi connectivity index (χ0n) is 15.2. The number of benzene rings is 2. The number of aryl methyl sites for hydroxylation is 1. The Kier molecular flexibility index (Phi) is 3.87. The van der Waals surface area contributed by atoms with Gasteiger partial charge in [-0.3, -0.25) is 14.2 Å². The maximum absolute atomic E-state index is 12.8. The third-order valence-electron chi connectivity index (χ3n) is 5.19. The molecule has 5 heteroatoms. The van der Waals surface area contributed by atoms with Crippen LogP contribution in [0.5, 0.6) is 0 Å². The molecule has 4 rings (SSSR count). The lowest BCUT2D eigenvalue weighted by Crippen LogP contribution is -2.29. The summed E-state index contributed by atoms with van der Waals surface area (Å²) in [5, 5.41) is 0.615. The van der Waals surface area contributed by atoms with Crippen LogP contribution < -0.4 is 10.5 Å². The van der Waals surface area contributed by atoms with Crippen LogP contribution in [0.4, 0.5) is 5.69 Å². The van der Waals surface area contributed by atoms with Gasteiger partial charge in [-0.25, -0.2) is 4.98 Å². The fraction of sp³-hybridized carbons (Fsp3) is 0.286. The molecule has 3 aromatic rings. The van der Waals surface area contributed by atoms with Crippen molar-refractivity contribution in [2.24, 2.45) is 0 Å². The second kappa shape index (κ2) is 6.09. The number of nitrogens with zero attached hydrogens (tertiary/aromatic N) is 3. The van der Waals surface area contributed by atoms with Crippen molar-refractivity contribution in [2.45, 2.75) is 32.7 Å². The van der Waals surface area contributed by atoms with E-state index >= 15 is 0 Å². The molecule has 132 valence electrons. The van der Waals surface area contributed by atoms with Crippen LogP contribution in [0, 0.1) is 6.92 Å². The lowest BCUT2D eigenvalue weighted by molar-refractivity contribution is -0.119. The van der Waals surface area contributed by atoms with Crippen molar-refractivity contribution in [3.8, 4) is 0 Å². The Morgan fingerprint density at radius 3 is 2.65 bits per heavy atom. The fourth-order valence-corrected chi connectivity index (χ4v) is 3.82. The highest BCUT2D eigenvalue weighted by atomic mass is 16.2. The Balaban J connectivity index is 1.85. The predicted molar refractivity (Wildman–Crippen MR) is 103 cm³/mol. The van der Waals surface area contributed by atoms with Gasteiger partial charge in [0.1, 0.15) is 5.82 Å². The first-order valence-electron chi connectivity index (χ1n) is 8.87. The molecule has 0 unspecified atom stereocenters. The van der Waals surface area contributed by atoms with Crippen molar-refractivity contribution in [1.29, 1.82) is 0 Å². The van der Waals surface area contributed by atoms with E-state index in [1.807, 2.05) is 44.2 Å². The van der Waals surface area contributed by atoms with Gasteiger partial charge in [0.25, 0.3) is 5.56 Å². The molecule has 1 aromatic heterocycles.